The van der Waals surface area contributed by atoms with E-state index in [2.05, 4.69) is 15.2 Å². The highest BCUT2D eigenvalue weighted by Gasteiger charge is 2.52. The molecular formula is C16H23N5O5S. The molecule has 0 spiro atoms. The zero-order valence-electron chi connectivity index (χ0n) is 15.1. The SMILES string of the molecule is Cn1ccnc1CN1C[C@H]2[C@H](NC(=O)CN3CCOC3=O)CS(=O)(=O)[C@H]2C1. The van der Waals surface area contributed by atoms with Gasteiger partial charge < -0.3 is 14.6 Å². The Bertz CT molecular complexity index is 853. The monoisotopic (exact) mass is 397 g/mol. The van der Waals surface area contributed by atoms with Crippen LogP contribution in [-0.2, 0) is 33.0 Å². The van der Waals surface area contributed by atoms with Gasteiger partial charge >= 0.3 is 6.09 Å². The Morgan fingerprint density at radius 2 is 2.22 bits per heavy atom. The van der Waals surface area contributed by atoms with Gasteiger partial charge in [-0.25, -0.2) is 18.2 Å². The average molecular weight is 397 g/mol. The standard InChI is InChI=1S/C16H23N5O5S/c1-19-3-2-17-14(19)8-20-6-11-12(10-27(24,25)13(11)7-20)18-15(22)9-21-4-5-26-16(21)23/h2-3,11-13H,4-10H2,1H3,(H,18,22)/t11-,12+,13-/m0/s1. The first-order chi connectivity index (χ1) is 12.8. The second-order valence-corrected chi connectivity index (χ2v) is 9.65. The van der Waals surface area contributed by atoms with Crippen molar-refractivity contribution in [2.75, 3.05) is 38.5 Å². The molecule has 4 rings (SSSR count). The summed E-state index contributed by atoms with van der Waals surface area (Å²) < 4.78 is 31.8. The largest absolute Gasteiger partial charge is 0.448 e. The molecule has 3 aliphatic heterocycles. The van der Waals surface area contributed by atoms with Crippen molar-refractivity contribution >= 4 is 21.8 Å². The van der Waals surface area contributed by atoms with Crippen LogP contribution in [0.2, 0.25) is 0 Å². The van der Waals surface area contributed by atoms with E-state index in [1.54, 1.807) is 6.20 Å². The Morgan fingerprint density at radius 1 is 1.41 bits per heavy atom. The van der Waals surface area contributed by atoms with E-state index < -0.39 is 27.2 Å². The van der Waals surface area contributed by atoms with Gasteiger partial charge in [0.05, 0.1) is 24.1 Å². The van der Waals surface area contributed by atoms with E-state index >= 15 is 0 Å². The Morgan fingerprint density at radius 3 is 2.89 bits per heavy atom. The van der Waals surface area contributed by atoms with Gasteiger partial charge in [-0.15, -0.1) is 0 Å². The maximum atomic E-state index is 12.6. The van der Waals surface area contributed by atoms with Crippen LogP contribution in [0.5, 0.6) is 0 Å². The molecule has 0 bridgehead atoms. The molecule has 10 nitrogen and oxygen atoms in total. The lowest BCUT2D eigenvalue weighted by molar-refractivity contribution is -0.122. The molecule has 11 heteroatoms. The molecule has 4 heterocycles. The summed E-state index contributed by atoms with van der Waals surface area (Å²) in [4.78, 5) is 31.5. The van der Waals surface area contributed by atoms with Crippen LogP contribution >= 0.6 is 0 Å². The van der Waals surface area contributed by atoms with E-state index in [4.69, 9.17) is 4.74 Å². The van der Waals surface area contributed by atoms with Gasteiger partial charge in [-0.3, -0.25) is 14.6 Å². The fraction of sp³-hybridized carbons (Fsp3) is 0.688. The molecule has 3 fully saturated rings. The number of cyclic esters (lactones) is 1. The first kappa shape index (κ1) is 18.2. The first-order valence-electron chi connectivity index (χ1n) is 8.94. The smallest absolute Gasteiger partial charge is 0.410 e. The van der Waals surface area contributed by atoms with Crippen LogP contribution in [0.1, 0.15) is 5.82 Å². The van der Waals surface area contributed by atoms with Crippen LogP contribution in [0.25, 0.3) is 0 Å². The van der Waals surface area contributed by atoms with Crippen molar-refractivity contribution in [2.45, 2.75) is 17.8 Å². The van der Waals surface area contributed by atoms with Crippen molar-refractivity contribution < 1.29 is 22.7 Å². The van der Waals surface area contributed by atoms with Gasteiger partial charge in [0.1, 0.15) is 19.0 Å². The molecule has 0 unspecified atom stereocenters. The highest BCUT2D eigenvalue weighted by Crippen LogP contribution is 2.34. The third-order valence-corrected chi connectivity index (χ3v) is 7.83. The normalized spacial score (nSPS) is 29.7. The number of ether oxygens (including phenoxy) is 1. The molecular weight excluding hydrogens is 374 g/mol. The zero-order chi connectivity index (χ0) is 19.2. The number of aromatic nitrogens is 2. The van der Waals surface area contributed by atoms with Gasteiger partial charge in [0.15, 0.2) is 9.84 Å². The summed E-state index contributed by atoms with van der Waals surface area (Å²) in [6.07, 6.45) is 3.06. The number of carbonyl (C=O) groups is 2. The number of sulfone groups is 1. The minimum absolute atomic E-state index is 0.0469. The molecule has 3 aliphatic rings. The minimum atomic E-state index is -3.27. The lowest BCUT2D eigenvalue weighted by atomic mass is 10.0. The number of nitrogens with one attached hydrogen (secondary N) is 1. The van der Waals surface area contributed by atoms with Crippen LogP contribution < -0.4 is 5.32 Å². The van der Waals surface area contributed by atoms with Gasteiger partial charge in [-0.1, -0.05) is 0 Å². The molecule has 1 N–H and O–H groups in total. The van der Waals surface area contributed by atoms with Crippen LogP contribution in [-0.4, -0.2) is 89.6 Å². The Hall–Kier alpha value is -2.14. The predicted octanol–water partition coefficient (Wildman–Crippen LogP) is -1.41. The van der Waals surface area contributed by atoms with Crippen molar-refractivity contribution in [3.05, 3.63) is 18.2 Å². The van der Waals surface area contributed by atoms with Crippen molar-refractivity contribution in [2.24, 2.45) is 13.0 Å². The molecule has 0 saturated carbocycles. The maximum absolute atomic E-state index is 12.6. The molecule has 0 aromatic carbocycles. The number of amides is 2. The molecule has 3 atom stereocenters. The minimum Gasteiger partial charge on any atom is -0.448 e. The maximum Gasteiger partial charge on any atom is 0.410 e. The van der Waals surface area contributed by atoms with Gasteiger partial charge in [0.2, 0.25) is 5.91 Å². The lowest BCUT2D eigenvalue weighted by Crippen LogP contribution is -2.46. The third kappa shape index (κ3) is 3.53. The van der Waals surface area contributed by atoms with Crippen LogP contribution in [0.4, 0.5) is 4.79 Å². The highest BCUT2D eigenvalue weighted by atomic mass is 32.2. The number of likely N-dealkylation sites (tertiary alicyclic amines) is 1. The number of rotatable bonds is 5. The van der Waals surface area contributed by atoms with Crippen LogP contribution in [0, 0.1) is 5.92 Å². The van der Waals surface area contributed by atoms with Crippen molar-refractivity contribution in [3.8, 4) is 0 Å². The van der Waals surface area contributed by atoms with Gasteiger partial charge in [0.25, 0.3) is 0 Å². The predicted molar refractivity (Wildman–Crippen MR) is 94.4 cm³/mol. The summed E-state index contributed by atoms with van der Waals surface area (Å²) >= 11 is 0. The Kier molecular flexibility index (Phi) is 4.58. The van der Waals surface area contributed by atoms with Crippen molar-refractivity contribution in [1.82, 2.24) is 24.7 Å². The molecule has 1 aromatic heterocycles. The van der Waals surface area contributed by atoms with E-state index in [1.165, 1.54) is 4.90 Å². The summed E-state index contributed by atoms with van der Waals surface area (Å²) in [7, 11) is -1.36. The summed E-state index contributed by atoms with van der Waals surface area (Å²) in [6, 6.07) is -0.433. The fourth-order valence-electron chi connectivity index (χ4n) is 4.17. The zero-order valence-corrected chi connectivity index (χ0v) is 15.9. The van der Waals surface area contributed by atoms with E-state index in [0.29, 0.717) is 26.2 Å². The average Bonchev–Trinajstić information content (AvgIpc) is 3.32. The molecule has 0 radical (unpaired) electrons. The molecule has 3 saturated heterocycles. The second kappa shape index (κ2) is 6.79. The first-order valence-corrected chi connectivity index (χ1v) is 10.7. The van der Waals surface area contributed by atoms with Gasteiger partial charge in [0, 0.05) is 44.5 Å². The molecule has 1 aromatic rings. The number of hydrogen-bond donors (Lipinski definition) is 1. The van der Waals surface area contributed by atoms with Crippen LogP contribution in [0.15, 0.2) is 12.4 Å². The number of fused-ring (bicyclic) bond motifs is 1. The number of carbonyl (C=O) groups excluding carboxylic acids is 2. The van der Waals surface area contributed by atoms with Gasteiger partial charge in [-0.05, 0) is 0 Å². The summed E-state index contributed by atoms with van der Waals surface area (Å²) in [6.45, 7) is 2.16. The lowest BCUT2D eigenvalue weighted by Gasteiger charge is -2.21. The van der Waals surface area contributed by atoms with E-state index in [0.717, 1.165) is 5.82 Å². The number of imidazole rings is 1. The Balaban J connectivity index is 1.40. The van der Waals surface area contributed by atoms with Crippen molar-refractivity contribution in [1.29, 1.82) is 0 Å². The summed E-state index contributed by atoms with van der Waals surface area (Å²) in [5.41, 5.74) is 0. The highest BCUT2D eigenvalue weighted by molar-refractivity contribution is 7.92. The number of aryl methyl sites for hydroxylation is 1. The van der Waals surface area contributed by atoms with Gasteiger partial charge in [-0.2, -0.15) is 0 Å². The molecule has 148 valence electrons. The molecule has 2 amide bonds. The van der Waals surface area contributed by atoms with E-state index in [9.17, 15) is 18.0 Å². The Labute approximate surface area is 157 Å². The van der Waals surface area contributed by atoms with Crippen LogP contribution in [0.3, 0.4) is 0 Å². The van der Waals surface area contributed by atoms with Crippen molar-refractivity contribution in [3.63, 3.8) is 0 Å². The third-order valence-electron chi connectivity index (χ3n) is 5.59. The summed E-state index contributed by atoms with van der Waals surface area (Å²) in [5, 5.41) is 2.36. The second-order valence-electron chi connectivity index (χ2n) is 7.39. The number of hydrogen-bond acceptors (Lipinski definition) is 7. The number of nitrogens with zero attached hydrogens (tertiary/aromatic N) is 4. The quantitative estimate of drug-likeness (QED) is 0.649. The van der Waals surface area contributed by atoms with E-state index in [1.807, 2.05) is 17.8 Å². The fourth-order valence-corrected chi connectivity index (χ4v) is 6.49. The topological polar surface area (TPSA) is 114 Å². The molecule has 0 aliphatic carbocycles. The summed E-state index contributed by atoms with van der Waals surface area (Å²) in [5.74, 6) is 0.330. The molecule has 27 heavy (non-hydrogen) atoms. The van der Waals surface area contributed by atoms with E-state index in [-0.39, 0.29) is 30.7 Å².